The summed E-state index contributed by atoms with van der Waals surface area (Å²) in [6.45, 7) is 0. The van der Waals surface area contributed by atoms with Crippen LogP contribution >= 0.6 is 23.1 Å². The van der Waals surface area contributed by atoms with Crippen molar-refractivity contribution >= 4 is 87.1 Å². The number of thioether (sulfide) groups is 1. The minimum Gasteiger partial charge on any atom is -0.256 e. The molecule has 0 radical (unpaired) electrons. The van der Waals surface area contributed by atoms with E-state index >= 15 is 0 Å². The van der Waals surface area contributed by atoms with Crippen molar-refractivity contribution in [3.8, 4) is 11.1 Å². The molecule has 1 unspecified atom stereocenters. The van der Waals surface area contributed by atoms with Crippen LogP contribution in [0.3, 0.4) is 0 Å². The van der Waals surface area contributed by atoms with E-state index in [4.69, 9.17) is 9.98 Å². The Labute approximate surface area is 297 Å². The van der Waals surface area contributed by atoms with Crippen molar-refractivity contribution in [1.29, 1.82) is 0 Å². The average molecular weight is 673 g/mol. The summed E-state index contributed by atoms with van der Waals surface area (Å²) < 4.78 is 2.53. The highest BCUT2D eigenvalue weighted by atomic mass is 32.2. The van der Waals surface area contributed by atoms with E-state index in [1.807, 2.05) is 23.1 Å². The standard InChI is InChI=1S/C46H28N2S2/c1-2-12-27(13-3-1)43-45-44(36-19-9-11-21-40(36)50-45)48-46(47-43)38-25-29(26-41-42(38)35-18-8-10-20-39(35)49-41)28-22-23-34-32-16-5-4-14-30(32)31-15-6-7-17-33(31)37(34)24-28/h1-26,43,45H/t43?,45-/m0/s1. The largest absolute Gasteiger partial charge is 0.256 e. The molecular formula is C46H28N2S2. The average Bonchev–Trinajstić information content (AvgIpc) is 3.76. The van der Waals surface area contributed by atoms with Crippen molar-refractivity contribution in [3.05, 3.63) is 174 Å². The molecule has 2 aliphatic heterocycles. The maximum Gasteiger partial charge on any atom is 0.156 e. The second-order valence-electron chi connectivity index (χ2n) is 13.2. The summed E-state index contributed by atoms with van der Waals surface area (Å²) in [7, 11) is 0. The minimum absolute atomic E-state index is 0.0416. The van der Waals surface area contributed by atoms with Crippen LogP contribution in [-0.2, 0) is 0 Å². The molecule has 2 atom stereocenters. The summed E-state index contributed by atoms with van der Waals surface area (Å²) in [5.41, 5.74) is 7.06. The molecule has 50 heavy (non-hydrogen) atoms. The van der Waals surface area contributed by atoms with E-state index in [0.29, 0.717) is 0 Å². The topological polar surface area (TPSA) is 24.7 Å². The zero-order valence-electron chi connectivity index (χ0n) is 26.9. The summed E-state index contributed by atoms with van der Waals surface area (Å²) in [6.07, 6.45) is 0. The molecule has 2 aliphatic rings. The Morgan fingerprint density at radius 2 is 1.10 bits per heavy atom. The zero-order chi connectivity index (χ0) is 32.8. The number of rotatable bonds is 3. The van der Waals surface area contributed by atoms with Crippen LogP contribution in [0.2, 0.25) is 0 Å². The van der Waals surface area contributed by atoms with Crippen LogP contribution in [0, 0.1) is 0 Å². The normalized spacial score (nSPS) is 17.0. The number of amidine groups is 1. The molecule has 2 nitrogen and oxygen atoms in total. The molecule has 1 aromatic heterocycles. The highest BCUT2D eigenvalue weighted by Gasteiger charge is 2.39. The Kier molecular flexibility index (Phi) is 6.21. The smallest absolute Gasteiger partial charge is 0.156 e. The molecule has 0 N–H and O–H groups in total. The fourth-order valence-electron chi connectivity index (χ4n) is 8.12. The van der Waals surface area contributed by atoms with Gasteiger partial charge in [-0.3, -0.25) is 4.99 Å². The van der Waals surface area contributed by atoms with Gasteiger partial charge in [0.15, 0.2) is 5.84 Å². The van der Waals surface area contributed by atoms with Gasteiger partial charge in [-0.1, -0.05) is 127 Å². The Morgan fingerprint density at radius 1 is 0.460 bits per heavy atom. The number of hydrogen-bond donors (Lipinski definition) is 0. The van der Waals surface area contributed by atoms with Crippen LogP contribution in [0.5, 0.6) is 0 Å². The predicted molar refractivity (Wildman–Crippen MR) is 216 cm³/mol. The first-order valence-electron chi connectivity index (χ1n) is 17.1. The highest BCUT2D eigenvalue weighted by Crippen LogP contribution is 2.48. The highest BCUT2D eigenvalue weighted by molar-refractivity contribution is 8.01. The first kappa shape index (κ1) is 28.3. The van der Waals surface area contributed by atoms with Gasteiger partial charge in [0.1, 0.15) is 0 Å². The second kappa shape index (κ2) is 11.0. The molecule has 11 rings (SSSR count). The Balaban J connectivity index is 1.18. The van der Waals surface area contributed by atoms with Crippen LogP contribution in [0.1, 0.15) is 22.7 Å². The molecule has 0 saturated heterocycles. The first-order valence-corrected chi connectivity index (χ1v) is 18.7. The second-order valence-corrected chi connectivity index (χ2v) is 15.5. The van der Waals surface area contributed by atoms with Crippen molar-refractivity contribution in [3.63, 3.8) is 0 Å². The number of aliphatic imine (C=N–C) groups is 2. The Hall–Kier alpha value is -5.55. The lowest BCUT2D eigenvalue weighted by atomic mass is 9.91. The molecule has 234 valence electrons. The summed E-state index contributed by atoms with van der Waals surface area (Å²) >= 11 is 3.75. The molecule has 8 aromatic carbocycles. The number of nitrogens with zero attached hydrogens (tertiary/aromatic N) is 2. The third-order valence-corrected chi connectivity index (χ3v) is 12.9. The summed E-state index contributed by atoms with van der Waals surface area (Å²) in [4.78, 5) is 12.3. The SMILES string of the molecule is c1ccc(C2N=C(c3cc(-c4ccc5c6ccccc6c6ccccc6c5c4)cc4sc5ccccc5c34)N=C3c4ccccc4S[C@H]32)cc1. The number of thiophene rings is 1. The Morgan fingerprint density at radius 3 is 1.88 bits per heavy atom. The van der Waals surface area contributed by atoms with Gasteiger partial charge in [0, 0.05) is 36.2 Å². The third kappa shape index (κ3) is 4.22. The molecule has 0 aliphatic carbocycles. The van der Waals surface area contributed by atoms with Crippen LogP contribution in [-0.4, -0.2) is 16.8 Å². The van der Waals surface area contributed by atoms with Crippen molar-refractivity contribution in [2.24, 2.45) is 9.98 Å². The van der Waals surface area contributed by atoms with Crippen LogP contribution in [0.25, 0.3) is 63.6 Å². The van der Waals surface area contributed by atoms with E-state index < -0.39 is 0 Å². The molecule has 0 bridgehead atoms. The fourth-order valence-corrected chi connectivity index (χ4v) is 10.7. The van der Waals surface area contributed by atoms with Gasteiger partial charge in [-0.25, -0.2) is 4.99 Å². The molecule has 0 amide bonds. The maximum absolute atomic E-state index is 5.56. The number of benzene rings is 8. The van der Waals surface area contributed by atoms with E-state index in [-0.39, 0.29) is 11.3 Å². The van der Waals surface area contributed by atoms with E-state index in [1.165, 1.54) is 79.6 Å². The van der Waals surface area contributed by atoms with Gasteiger partial charge in [0.25, 0.3) is 0 Å². The number of hydrogen-bond acceptors (Lipinski definition) is 4. The van der Waals surface area contributed by atoms with Gasteiger partial charge in [-0.05, 0) is 79.3 Å². The Bertz CT molecular complexity index is 2880. The molecule has 4 heteroatoms. The lowest BCUT2D eigenvalue weighted by molar-refractivity contribution is 0.771. The van der Waals surface area contributed by atoms with Crippen LogP contribution in [0.15, 0.2) is 173 Å². The van der Waals surface area contributed by atoms with Gasteiger partial charge in [0.05, 0.1) is 17.0 Å². The van der Waals surface area contributed by atoms with Crippen molar-refractivity contribution in [2.75, 3.05) is 0 Å². The van der Waals surface area contributed by atoms with E-state index in [9.17, 15) is 0 Å². The van der Waals surface area contributed by atoms with Gasteiger partial charge in [-0.2, -0.15) is 0 Å². The molecule has 9 aromatic rings. The van der Waals surface area contributed by atoms with Crippen molar-refractivity contribution in [2.45, 2.75) is 16.2 Å². The molecule has 0 fully saturated rings. The molecule has 0 spiro atoms. The molecular weight excluding hydrogens is 645 g/mol. The zero-order valence-corrected chi connectivity index (χ0v) is 28.5. The van der Waals surface area contributed by atoms with Crippen molar-refractivity contribution in [1.82, 2.24) is 0 Å². The van der Waals surface area contributed by atoms with E-state index in [2.05, 4.69) is 158 Å². The molecule has 3 heterocycles. The maximum atomic E-state index is 5.56. The van der Waals surface area contributed by atoms with E-state index in [0.717, 1.165) is 17.1 Å². The van der Waals surface area contributed by atoms with E-state index in [1.54, 1.807) is 0 Å². The fraction of sp³-hybridized carbons (Fsp3) is 0.0435. The van der Waals surface area contributed by atoms with Gasteiger partial charge in [0.2, 0.25) is 0 Å². The number of fused-ring (bicyclic) bond motifs is 12. The molecule has 0 saturated carbocycles. The summed E-state index contributed by atoms with van der Waals surface area (Å²) in [6, 6.07) is 57.5. The monoisotopic (exact) mass is 672 g/mol. The quantitative estimate of drug-likeness (QED) is 0.171. The summed E-state index contributed by atoms with van der Waals surface area (Å²) in [5, 5.41) is 10.3. The summed E-state index contributed by atoms with van der Waals surface area (Å²) in [5.74, 6) is 0.815. The van der Waals surface area contributed by atoms with Crippen molar-refractivity contribution < 1.29 is 0 Å². The van der Waals surface area contributed by atoms with Crippen LogP contribution < -0.4 is 0 Å². The first-order chi connectivity index (χ1) is 24.8. The lowest BCUT2D eigenvalue weighted by Gasteiger charge is -2.26. The predicted octanol–water partition coefficient (Wildman–Crippen LogP) is 12.6. The van der Waals surface area contributed by atoms with Gasteiger partial charge in [-0.15, -0.1) is 23.1 Å². The minimum atomic E-state index is -0.0416. The van der Waals surface area contributed by atoms with Crippen LogP contribution in [0.4, 0.5) is 0 Å². The van der Waals surface area contributed by atoms with Gasteiger partial charge < -0.3 is 0 Å². The third-order valence-electron chi connectivity index (χ3n) is 10.4. The van der Waals surface area contributed by atoms with Gasteiger partial charge >= 0.3 is 0 Å². The lowest BCUT2D eigenvalue weighted by Crippen LogP contribution is -2.27.